The molecule has 21 heavy (non-hydrogen) atoms. The smallest absolute Gasteiger partial charge is 0.141 e. The van der Waals surface area contributed by atoms with Crippen LogP contribution in [0.25, 0.3) is 22.3 Å². The maximum Gasteiger partial charge on any atom is 0.141 e. The molecule has 0 bridgehead atoms. The summed E-state index contributed by atoms with van der Waals surface area (Å²) < 4.78 is 13.2. The summed E-state index contributed by atoms with van der Waals surface area (Å²) in [4.78, 5) is 0. The lowest BCUT2D eigenvalue weighted by Gasteiger charge is -2.10. The molecule has 0 fully saturated rings. The molecule has 0 N–H and O–H groups in total. The highest BCUT2D eigenvalue weighted by Crippen LogP contribution is 2.50. The van der Waals surface area contributed by atoms with Gasteiger partial charge in [-0.15, -0.1) is 0 Å². The molecule has 0 saturated heterocycles. The molecule has 4 rings (SSSR count). The van der Waals surface area contributed by atoms with Crippen LogP contribution in [0.5, 0.6) is 0 Å². The molecule has 0 aromatic heterocycles. The van der Waals surface area contributed by atoms with Crippen molar-refractivity contribution in [2.45, 2.75) is 0 Å². The first kappa shape index (κ1) is 12.6. The third-order valence-electron chi connectivity index (χ3n) is 4.22. The van der Waals surface area contributed by atoms with Crippen molar-refractivity contribution in [3.05, 3.63) is 72.8 Å². The summed E-state index contributed by atoms with van der Waals surface area (Å²) in [6.07, 6.45) is 0. The lowest BCUT2D eigenvalue weighted by atomic mass is 10.0. The molecule has 1 atom stereocenters. The van der Waals surface area contributed by atoms with Crippen LogP contribution in [0.2, 0.25) is 0 Å². The van der Waals surface area contributed by atoms with E-state index < -0.39 is 7.14 Å². The van der Waals surface area contributed by atoms with Crippen molar-refractivity contribution < 1.29 is 4.57 Å². The van der Waals surface area contributed by atoms with E-state index in [0.717, 1.165) is 32.9 Å². The maximum absolute atomic E-state index is 13.2. The van der Waals surface area contributed by atoms with Crippen LogP contribution in [0.4, 0.5) is 0 Å². The molecule has 1 unspecified atom stereocenters. The summed E-state index contributed by atoms with van der Waals surface area (Å²) >= 11 is 0. The van der Waals surface area contributed by atoms with Crippen LogP contribution in [0.1, 0.15) is 0 Å². The predicted molar refractivity (Wildman–Crippen MR) is 90.1 cm³/mol. The third-order valence-corrected chi connectivity index (χ3v) is 6.82. The molecule has 0 spiro atoms. The normalized spacial score (nSPS) is 19.1. The van der Waals surface area contributed by atoms with Gasteiger partial charge in [-0.3, -0.25) is 0 Å². The lowest BCUT2D eigenvalue weighted by molar-refractivity contribution is 0.591. The van der Waals surface area contributed by atoms with Crippen LogP contribution in [0.3, 0.4) is 0 Å². The largest absolute Gasteiger partial charge is 0.314 e. The summed E-state index contributed by atoms with van der Waals surface area (Å²) in [5, 5.41) is 1.98. The number of rotatable bonds is 1. The van der Waals surface area contributed by atoms with E-state index in [9.17, 15) is 4.57 Å². The number of benzene rings is 3. The van der Waals surface area contributed by atoms with E-state index in [4.69, 9.17) is 0 Å². The van der Waals surface area contributed by atoms with Crippen molar-refractivity contribution in [2.75, 3.05) is 6.66 Å². The second-order valence-electron chi connectivity index (χ2n) is 5.54. The van der Waals surface area contributed by atoms with Crippen LogP contribution in [-0.4, -0.2) is 6.66 Å². The molecule has 0 radical (unpaired) electrons. The van der Waals surface area contributed by atoms with E-state index in [2.05, 4.69) is 36.4 Å². The molecule has 1 heterocycles. The topological polar surface area (TPSA) is 17.1 Å². The zero-order valence-electron chi connectivity index (χ0n) is 11.8. The molecule has 3 aromatic carbocycles. The highest BCUT2D eigenvalue weighted by molar-refractivity contribution is 7.79. The SMILES string of the molecule is CP1(=O)c2ccccc2-c2ccc(-c3ccccc3)cc21. The fourth-order valence-electron chi connectivity index (χ4n) is 3.13. The molecule has 0 amide bonds. The van der Waals surface area contributed by atoms with Gasteiger partial charge in [0, 0.05) is 10.6 Å². The van der Waals surface area contributed by atoms with Gasteiger partial charge >= 0.3 is 0 Å². The highest BCUT2D eigenvalue weighted by Gasteiger charge is 2.34. The molecule has 3 aromatic rings. The summed E-state index contributed by atoms with van der Waals surface area (Å²) in [6.45, 7) is 1.88. The molecule has 2 heteroatoms. The summed E-state index contributed by atoms with van der Waals surface area (Å²) in [7, 11) is -2.47. The number of fused-ring (bicyclic) bond motifs is 3. The predicted octanol–water partition coefficient (Wildman–Crippen LogP) is 4.28. The Hall–Kier alpha value is -2.11. The Kier molecular flexibility index (Phi) is 2.67. The molecule has 0 saturated carbocycles. The molecule has 1 nitrogen and oxygen atoms in total. The van der Waals surface area contributed by atoms with Crippen LogP contribution in [0, 0.1) is 0 Å². The first-order chi connectivity index (χ1) is 10.2. The molecule has 1 aliphatic heterocycles. The standard InChI is InChI=1S/C19H15OP/c1-21(20)18-10-6-5-9-16(18)17-12-11-15(13-19(17)21)14-7-3-2-4-8-14/h2-13H,1H3. The molecular formula is C19H15OP. The van der Waals surface area contributed by atoms with Crippen molar-refractivity contribution in [1.29, 1.82) is 0 Å². The highest BCUT2D eigenvalue weighted by atomic mass is 31.2. The van der Waals surface area contributed by atoms with E-state index in [-0.39, 0.29) is 0 Å². The average molecular weight is 290 g/mol. The van der Waals surface area contributed by atoms with Crippen molar-refractivity contribution in [3.63, 3.8) is 0 Å². The Morgan fingerprint density at radius 3 is 2.14 bits per heavy atom. The Bertz CT molecular complexity index is 881. The summed E-state index contributed by atoms with van der Waals surface area (Å²) in [5.74, 6) is 0. The van der Waals surface area contributed by atoms with Gasteiger partial charge in [0.2, 0.25) is 0 Å². The van der Waals surface area contributed by atoms with Gasteiger partial charge in [-0.05, 0) is 35.0 Å². The average Bonchev–Trinajstić information content (AvgIpc) is 2.77. The second kappa shape index (κ2) is 4.44. The fourth-order valence-corrected chi connectivity index (χ4v) is 5.45. The monoisotopic (exact) mass is 290 g/mol. The van der Waals surface area contributed by atoms with Crippen molar-refractivity contribution in [2.24, 2.45) is 0 Å². The molecule has 0 aliphatic carbocycles. The van der Waals surface area contributed by atoms with Gasteiger partial charge in [-0.25, -0.2) is 0 Å². The van der Waals surface area contributed by atoms with Crippen molar-refractivity contribution >= 4 is 17.8 Å². The minimum Gasteiger partial charge on any atom is -0.314 e. The van der Waals surface area contributed by atoms with E-state index in [1.165, 1.54) is 0 Å². The van der Waals surface area contributed by atoms with Crippen molar-refractivity contribution in [1.82, 2.24) is 0 Å². The second-order valence-corrected chi connectivity index (χ2v) is 8.35. The van der Waals surface area contributed by atoms with Crippen LogP contribution in [0.15, 0.2) is 72.8 Å². The van der Waals surface area contributed by atoms with Gasteiger partial charge in [0.05, 0.1) is 0 Å². The lowest BCUT2D eigenvalue weighted by Crippen LogP contribution is -2.08. The summed E-state index contributed by atoms with van der Waals surface area (Å²) in [5.41, 5.74) is 4.54. The number of hydrogen-bond donors (Lipinski definition) is 0. The van der Waals surface area contributed by atoms with E-state index in [1.807, 2.05) is 43.1 Å². The van der Waals surface area contributed by atoms with Crippen LogP contribution < -0.4 is 10.6 Å². The zero-order valence-corrected chi connectivity index (χ0v) is 12.7. The van der Waals surface area contributed by atoms with Gasteiger partial charge in [0.1, 0.15) is 7.14 Å². The van der Waals surface area contributed by atoms with E-state index in [0.29, 0.717) is 0 Å². The van der Waals surface area contributed by atoms with Gasteiger partial charge in [-0.2, -0.15) is 0 Å². The van der Waals surface area contributed by atoms with Gasteiger partial charge in [0.15, 0.2) is 0 Å². The molecule has 1 aliphatic rings. The Balaban J connectivity index is 1.96. The van der Waals surface area contributed by atoms with Crippen LogP contribution in [-0.2, 0) is 4.57 Å². The van der Waals surface area contributed by atoms with Gasteiger partial charge in [0.25, 0.3) is 0 Å². The Morgan fingerprint density at radius 1 is 0.667 bits per heavy atom. The van der Waals surface area contributed by atoms with Gasteiger partial charge < -0.3 is 4.57 Å². The minimum absolute atomic E-state index is 0.991. The Labute approximate surface area is 124 Å². The Morgan fingerprint density at radius 2 is 1.33 bits per heavy atom. The van der Waals surface area contributed by atoms with Gasteiger partial charge in [-0.1, -0.05) is 66.7 Å². The quantitative estimate of drug-likeness (QED) is 0.611. The first-order valence-corrected chi connectivity index (χ1v) is 9.21. The minimum atomic E-state index is -2.47. The molecule has 102 valence electrons. The fraction of sp³-hybridized carbons (Fsp3) is 0.0526. The molecular weight excluding hydrogens is 275 g/mol. The zero-order chi connectivity index (χ0) is 14.4. The maximum atomic E-state index is 13.2. The third kappa shape index (κ3) is 1.81. The first-order valence-electron chi connectivity index (χ1n) is 7.05. The number of hydrogen-bond acceptors (Lipinski definition) is 1. The van der Waals surface area contributed by atoms with Crippen LogP contribution >= 0.6 is 7.14 Å². The summed E-state index contributed by atoms with van der Waals surface area (Å²) in [6, 6.07) is 24.6. The van der Waals surface area contributed by atoms with E-state index >= 15 is 0 Å². The van der Waals surface area contributed by atoms with Crippen molar-refractivity contribution in [3.8, 4) is 22.3 Å². The van der Waals surface area contributed by atoms with E-state index in [1.54, 1.807) is 0 Å².